The van der Waals surface area contributed by atoms with Gasteiger partial charge in [-0.25, -0.2) is 0 Å². The van der Waals surface area contributed by atoms with Crippen molar-refractivity contribution in [3.05, 3.63) is 34.9 Å². The Morgan fingerprint density at radius 1 is 1.16 bits per heavy atom. The molecular formula is C21H29ClN2O. The molecule has 1 aliphatic carbocycles. The van der Waals surface area contributed by atoms with E-state index in [0.717, 1.165) is 45.2 Å². The van der Waals surface area contributed by atoms with Crippen molar-refractivity contribution >= 4 is 17.5 Å². The molecule has 3 nitrogen and oxygen atoms in total. The van der Waals surface area contributed by atoms with Gasteiger partial charge in [0.2, 0.25) is 0 Å². The van der Waals surface area contributed by atoms with Crippen molar-refractivity contribution in [2.75, 3.05) is 27.2 Å². The molecule has 1 aliphatic rings. The first kappa shape index (κ1) is 19.8. The number of rotatable bonds is 5. The van der Waals surface area contributed by atoms with Gasteiger partial charge in [0, 0.05) is 29.6 Å². The van der Waals surface area contributed by atoms with Crippen LogP contribution in [0.2, 0.25) is 5.02 Å². The summed E-state index contributed by atoms with van der Waals surface area (Å²) in [5, 5.41) is 0.655. The summed E-state index contributed by atoms with van der Waals surface area (Å²) in [4.78, 5) is 16.7. The Bertz CT molecular complexity index is 609. The van der Waals surface area contributed by atoms with Gasteiger partial charge in [0.05, 0.1) is 6.54 Å². The Hall–Kier alpha value is -1.50. The van der Waals surface area contributed by atoms with Crippen LogP contribution in [0.3, 0.4) is 0 Å². The smallest absolute Gasteiger partial charge is 0.253 e. The summed E-state index contributed by atoms with van der Waals surface area (Å²) in [5.74, 6) is 7.30. The molecule has 0 unspecified atom stereocenters. The third kappa shape index (κ3) is 6.06. The molecule has 2 rings (SSSR count). The molecule has 0 bridgehead atoms. The van der Waals surface area contributed by atoms with Crippen LogP contribution < -0.4 is 0 Å². The van der Waals surface area contributed by atoms with Gasteiger partial charge in [0.1, 0.15) is 0 Å². The van der Waals surface area contributed by atoms with Crippen LogP contribution in [0.5, 0.6) is 0 Å². The third-order valence-electron chi connectivity index (χ3n) is 4.92. The van der Waals surface area contributed by atoms with Gasteiger partial charge in [-0.15, -0.1) is 0 Å². The molecule has 1 aromatic carbocycles. The van der Waals surface area contributed by atoms with Gasteiger partial charge in [0.15, 0.2) is 0 Å². The van der Waals surface area contributed by atoms with Gasteiger partial charge in [-0.1, -0.05) is 30.4 Å². The Labute approximate surface area is 157 Å². The zero-order valence-corrected chi connectivity index (χ0v) is 16.4. The van der Waals surface area contributed by atoms with Gasteiger partial charge in [-0.05, 0) is 70.0 Å². The highest BCUT2D eigenvalue weighted by Gasteiger charge is 2.26. The minimum absolute atomic E-state index is 0.0763. The lowest BCUT2D eigenvalue weighted by molar-refractivity contribution is 0.0686. The van der Waals surface area contributed by atoms with Gasteiger partial charge in [0.25, 0.3) is 5.91 Å². The van der Waals surface area contributed by atoms with E-state index in [1.165, 1.54) is 0 Å². The SMILES string of the molecule is CCCN(C)CC#C[C@H]1CC[C@H](N(C)C(=O)c2ccc(Cl)cc2)CC1. The molecule has 0 aromatic heterocycles. The minimum Gasteiger partial charge on any atom is -0.339 e. The first-order valence-corrected chi connectivity index (χ1v) is 9.58. The molecule has 0 heterocycles. The number of nitrogens with zero attached hydrogens (tertiary/aromatic N) is 2. The molecule has 1 amide bonds. The van der Waals surface area contributed by atoms with Gasteiger partial charge >= 0.3 is 0 Å². The second-order valence-electron chi connectivity index (χ2n) is 6.99. The van der Waals surface area contributed by atoms with Gasteiger partial charge in [-0.2, -0.15) is 0 Å². The summed E-state index contributed by atoms with van der Waals surface area (Å²) >= 11 is 5.90. The zero-order chi connectivity index (χ0) is 18.2. The topological polar surface area (TPSA) is 23.6 Å². The quantitative estimate of drug-likeness (QED) is 0.730. The summed E-state index contributed by atoms with van der Waals surface area (Å²) in [6.07, 6.45) is 5.37. The summed E-state index contributed by atoms with van der Waals surface area (Å²) in [5.41, 5.74) is 0.702. The Kier molecular flexibility index (Phi) is 7.81. The van der Waals surface area contributed by atoms with E-state index in [1.54, 1.807) is 24.3 Å². The van der Waals surface area contributed by atoms with E-state index in [-0.39, 0.29) is 5.91 Å². The number of hydrogen-bond donors (Lipinski definition) is 0. The first-order valence-electron chi connectivity index (χ1n) is 9.21. The molecule has 0 N–H and O–H groups in total. The number of carbonyl (C=O) groups excluding carboxylic acids is 1. The molecule has 1 fully saturated rings. The van der Waals surface area contributed by atoms with Crippen molar-refractivity contribution in [2.24, 2.45) is 5.92 Å². The summed E-state index contributed by atoms with van der Waals surface area (Å²) < 4.78 is 0. The molecule has 4 heteroatoms. The highest BCUT2D eigenvalue weighted by atomic mass is 35.5. The fourth-order valence-corrected chi connectivity index (χ4v) is 3.48. The van der Waals surface area contributed by atoms with Crippen LogP contribution >= 0.6 is 11.6 Å². The summed E-state index contributed by atoms with van der Waals surface area (Å²) in [6, 6.07) is 7.44. The third-order valence-corrected chi connectivity index (χ3v) is 5.17. The Morgan fingerprint density at radius 3 is 2.40 bits per heavy atom. The number of carbonyl (C=O) groups is 1. The molecule has 0 atom stereocenters. The molecule has 25 heavy (non-hydrogen) atoms. The number of hydrogen-bond acceptors (Lipinski definition) is 2. The van der Waals surface area contributed by atoms with Crippen LogP contribution in [0.15, 0.2) is 24.3 Å². The lowest BCUT2D eigenvalue weighted by Crippen LogP contribution is -2.39. The summed E-state index contributed by atoms with van der Waals surface area (Å²) in [6.45, 7) is 4.13. The van der Waals surface area contributed by atoms with Crippen LogP contribution in [0.25, 0.3) is 0 Å². The van der Waals surface area contributed by atoms with E-state index in [1.807, 2.05) is 11.9 Å². The average molecular weight is 361 g/mol. The number of amides is 1. The molecule has 0 saturated heterocycles. The lowest BCUT2D eigenvalue weighted by Gasteiger charge is -2.33. The number of benzene rings is 1. The van der Waals surface area contributed by atoms with E-state index in [2.05, 4.69) is 30.7 Å². The normalized spacial score (nSPS) is 20.0. The molecular weight excluding hydrogens is 332 g/mol. The van der Waals surface area contributed by atoms with Crippen molar-refractivity contribution in [1.29, 1.82) is 0 Å². The van der Waals surface area contributed by atoms with Crippen LogP contribution in [-0.4, -0.2) is 48.9 Å². The maximum atomic E-state index is 12.6. The predicted octanol–water partition coefficient (Wildman–Crippen LogP) is 4.32. The predicted molar refractivity (Wildman–Crippen MR) is 105 cm³/mol. The Morgan fingerprint density at radius 2 is 1.80 bits per heavy atom. The largest absolute Gasteiger partial charge is 0.339 e. The van der Waals surface area contributed by atoms with Crippen LogP contribution in [0.4, 0.5) is 0 Å². The van der Waals surface area contributed by atoms with E-state index in [0.29, 0.717) is 22.5 Å². The average Bonchev–Trinajstić information content (AvgIpc) is 2.62. The highest BCUT2D eigenvalue weighted by Crippen LogP contribution is 2.27. The Balaban J connectivity index is 1.82. The maximum Gasteiger partial charge on any atom is 0.253 e. The van der Waals surface area contributed by atoms with Gasteiger partial charge in [-0.3, -0.25) is 9.69 Å². The molecule has 1 saturated carbocycles. The summed E-state index contributed by atoms with van der Waals surface area (Å²) in [7, 11) is 4.03. The zero-order valence-electron chi connectivity index (χ0n) is 15.6. The van der Waals surface area contributed by atoms with E-state index >= 15 is 0 Å². The van der Waals surface area contributed by atoms with Crippen LogP contribution in [0.1, 0.15) is 49.4 Å². The van der Waals surface area contributed by atoms with Crippen LogP contribution in [0, 0.1) is 17.8 Å². The monoisotopic (exact) mass is 360 g/mol. The lowest BCUT2D eigenvalue weighted by atomic mass is 9.85. The fourth-order valence-electron chi connectivity index (χ4n) is 3.36. The van der Waals surface area contributed by atoms with Crippen molar-refractivity contribution in [3.63, 3.8) is 0 Å². The molecule has 0 aliphatic heterocycles. The van der Waals surface area contributed by atoms with Crippen molar-refractivity contribution < 1.29 is 4.79 Å². The second-order valence-corrected chi connectivity index (χ2v) is 7.42. The molecule has 136 valence electrons. The van der Waals surface area contributed by atoms with Crippen molar-refractivity contribution in [1.82, 2.24) is 9.80 Å². The fraction of sp³-hybridized carbons (Fsp3) is 0.571. The minimum atomic E-state index is 0.0763. The molecule has 0 spiro atoms. The van der Waals surface area contributed by atoms with Crippen LogP contribution in [-0.2, 0) is 0 Å². The van der Waals surface area contributed by atoms with E-state index in [4.69, 9.17) is 11.6 Å². The van der Waals surface area contributed by atoms with Gasteiger partial charge < -0.3 is 4.90 Å². The van der Waals surface area contributed by atoms with Crippen molar-refractivity contribution in [2.45, 2.75) is 45.1 Å². The first-order chi connectivity index (χ1) is 12.0. The van der Waals surface area contributed by atoms with Crippen molar-refractivity contribution in [3.8, 4) is 11.8 Å². The second kappa shape index (κ2) is 9.85. The molecule has 1 aromatic rings. The number of halogens is 1. The highest BCUT2D eigenvalue weighted by molar-refractivity contribution is 6.30. The maximum absolute atomic E-state index is 12.6. The van der Waals surface area contributed by atoms with E-state index < -0.39 is 0 Å². The molecule has 0 radical (unpaired) electrons. The van der Waals surface area contributed by atoms with E-state index in [9.17, 15) is 4.79 Å². The standard InChI is InChI=1S/C21H29ClN2O/c1-4-15-23(2)16-5-6-17-7-13-20(14-8-17)24(3)21(25)18-9-11-19(22)12-10-18/h9-12,17,20H,4,7-8,13-16H2,1-3H3/t17-,20-.